The maximum absolute atomic E-state index is 5.78. The van der Waals surface area contributed by atoms with E-state index in [-0.39, 0.29) is 0 Å². The second-order valence-electron chi connectivity index (χ2n) is 4.49. The summed E-state index contributed by atoms with van der Waals surface area (Å²) < 4.78 is 6.85. The number of rotatable bonds is 4. The maximum Gasteiger partial charge on any atom is 0.125 e. The van der Waals surface area contributed by atoms with Crippen LogP contribution in [0.2, 0.25) is 0 Å². The summed E-state index contributed by atoms with van der Waals surface area (Å²) in [6.45, 7) is 1.76. The Morgan fingerprint density at radius 3 is 3.22 bits per heavy atom. The fourth-order valence-corrected chi connectivity index (χ4v) is 2.57. The van der Waals surface area contributed by atoms with Crippen LogP contribution in [0, 0.1) is 12.3 Å². The van der Waals surface area contributed by atoms with Gasteiger partial charge in [0.2, 0.25) is 0 Å². The molecule has 1 heterocycles. The van der Waals surface area contributed by atoms with E-state index in [9.17, 15) is 0 Å². The molecule has 0 aromatic heterocycles. The van der Waals surface area contributed by atoms with Crippen molar-refractivity contribution in [3.8, 4) is 18.1 Å². The van der Waals surface area contributed by atoms with Gasteiger partial charge in [-0.1, -0.05) is 22.0 Å². The predicted molar refractivity (Wildman–Crippen MR) is 77.7 cm³/mol. The molecule has 1 aromatic rings. The van der Waals surface area contributed by atoms with Crippen LogP contribution in [0.3, 0.4) is 0 Å². The average molecular weight is 308 g/mol. The second-order valence-corrected chi connectivity index (χ2v) is 5.40. The van der Waals surface area contributed by atoms with Crippen molar-refractivity contribution in [3.05, 3.63) is 28.2 Å². The van der Waals surface area contributed by atoms with Gasteiger partial charge in [-0.15, -0.1) is 12.3 Å². The Bertz CT molecular complexity index is 439. The lowest BCUT2D eigenvalue weighted by atomic mass is 10.0. The van der Waals surface area contributed by atoms with Gasteiger partial charge in [0.05, 0.1) is 6.61 Å². The largest absolute Gasteiger partial charge is 0.493 e. The molecule has 0 fully saturated rings. The molecule has 1 N–H and O–H groups in total. The quantitative estimate of drug-likeness (QED) is 0.677. The number of hydrogen-bond donors (Lipinski definition) is 1. The Kier molecular flexibility index (Phi) is 5.10. The highest BCUT2D eigenvalue weighted by atomic mass is 79.9. The molecule has 0 saturated heterocycles. The van der Waals surface area contributed by atoms with Crippen LogP contribution in [-0.4, -0.2) is 13.2 Å². The number of halogens is 1. The molecule has 1 aliphatic heterocycles. The zero-order valence-electron chi connectivity index (χ0n) is 10.4. The first-order valence-corrected chi connectivity index (χ1v) is 7.19. The Morgan fingerprint density at radius 2 is 2.39 bits per heavy atom. The molecule has 2 nitrogen and oxygen atoms in total. The third-order valence-corrected chi connectivity index (χ3v) is 3.63. The normalized spacial score (nSPS) is 18.3. The summed E-state index contributed by atoms with van der Waals surface area (Å²) in [5.74, 6) is 3.67. The van der Waals surface area contributed by atoms with E-state index in [1.807, 2.05) is 0 Å². The highest BCUT2D eigenvalue weighted by Gasteiger charge is 2.19. The minimum absolute atomic E-state index is 0.383. The van der Waals surface area contributed by atoms with Gasteiger partial charge < -0.3 is 10.1 Å². The van der Waals surface area contributed by atoms with Gasteiger partial charge in [0, 0.05) is 22.5 Å². The highest BCUT2D eigenvalue weighted by Crippen LogP contribution is 2.33. The Balaban J connectivity index is 2.05. The molecular formula is C15H18BrNO. The van der Waals surface area contributed by atoms with Gasteiger partial charge in [0.25, 0.3) is 0 Å². The van der Waals surface area contributed by atoms with Gasteiger partial charge in [-0.3, -0.25) is 0 Å². The minimum atomic E-state index is 0.383. The number of nitrogens with one attached hydrogen (secondary N) is 1. The second kappa shape index (κ2) is 6.82. The summed E-state index contributed by atoms with van der Waals surface area (Å²) >= 11 is 3.49. The zero-order chi connectivity index (χ0) is 12.8. The van der Waals surface area contributed by atoms with Crippen LogP contribution in [0.1, 0.15) is 37.3 Å². The zero-order valence-corrected chi connectivity index (χ0v) is 12.0. The highest BCUT2D eigenvalue weighted by molar-refractivity contribution is 9.10. The van der Waals surface area contributed by atoms with Crippen LogP contribution in [0.15, 0.2) is 22.7 Å². The molecule has 0 saturated carbocycles. The topological polar surface area (TPSA) is 21.3 Å². The molecule has 96 valence electrons. The fraction of sp³-hybridized carbons (Fsp3) is 0.467. The van der Waals surface area contributed by atoms with Gasteiger partial charge in [-0.25, -0.2) is 0 Å². The van der Waals surface area contributed by atoms with E-state index in [0.717, 1.165) is 49.1 Å². The summed E-state index contributed by atoms with van der Waals surface area (Å²) in [7, 11) is 0. The van der Waals surface area contributed by atoms with E-state index in [0.29, 0.717) is 6.04 Å². The Hall–Kier alpha value is -0.980. The molecule has 1 aliphatic rings. The van der Waals surface area contributed by atoms with Crippen molar-refractivity contribution in [2.75, 3.05) is 13.2 Å². The van der Waals surface area contributed by atoms with Gasteiger partial charge >= 0.3 is 0 Å². The SMILES string of the molecule is C#CCCCNC1CCCOc2cc(Br)ccc21. The molecule has 1 unspecified atom stereocenters. The lowest BCUT2D eigenvalue weighted by molar-refractivity contribution is 0.315. The smallest absolute Gasteiger partial charge is 0.125 e. The minimum Gasteiger partial charge on any atom is -0.493 e. The number of hydrogen-bond acceptors (Lipinski definition) is 2. The van der Waals surface area contributed by atoms with E-state index < -0.39 is 0 Å². The molecule has 0 spiro atoms. The molecular weight excluding hydrogens is 290 g/mol. The van der Waals surface area contributed by atoms with E-state index in [4.69, 9.17) is 11.2 Å². The van der Waals surface area contributed by atoms with Crippen molar-refractivity contribution >= 4 is 15.9 Å². The van der Waals surface area contributed by atoms with Crippen LogP contribution >= 0.6 is 15.9 Å². The molecule has 18 heavy (non-hydrogen) atoms. The molecule has 0 amide bonds. The number of benzene rings is 1. The van der Waals surface area contributed by atoms with Gasteiger partial charge in [0.1, 0.15) is 5.75 Å². The van der Waals surface area contributed by atoms with Crippen molar-refractivity contribution in [2.45, 2.75) is 31.7 Å². The third kappa shape index (κ3) is 3.51. The van der Waals surface area contributed by atoms with Gasteiger partial charge in [-0.05, 0) is 37.9 Å². The van der Waals surface area contributed by atoms with Crippen LogP contribution in [0.4, 0.5) is 0 Å². The van der Waals surface area contributed by atoms with Crippen molar-refractivity contribution in [3.63, 3.8) is 0 Å². The standard InChI is InChI=1S/C15H18BrNO/c1-2-3-4-9-17-14-6-5-10-18-15-11-12(16)7-8-13(14)15/h1,7-8,11,14,17H,3-6,9-10H2. The maximum atomic E-state index is 5.78. The van der Waals surface area contributed by atoms with Crippen LogP contribution in [0.25, 0.3) is 0 Å². The summed E-state index contributed by atoms with van der Waals surface area (Å²) in [5, 5.41) is 3.58. The summed E-state index contributed by atoms with van der Waals surface area (Å²) in [6.07, 6.45) is 9.33. The van der Waals surface area contributed by atoms with Crippen molar-refractivity contribution < 1.29 is 4.74 Å². The van der Waals surface area contributed by atoms with Crippen molar-refractivity contribution in [1.29, 1.82) is 0 Å². The summed E-state index contributed by atoms with van der Waals surface area (Å²) in [4.78, 5) is 0. The van der Waals surface area contributed by atoms with E-state index in [2.05, 4.69) is 45.4 Å². The van der Waals surface area contributed by atoms with Crippen LogP contribution in [0.5, 0.6) is 5.75 Å². The molecule has 3 heteroatoms. The van der Waals surface area contributed by atoms with Gasteiger partial charge in [0.15, 0.2) is 0 Å². The molecule has 1 aromatic carbocycles. The van der Waals surface area contributed by atoms with Crippen molar-refractivity contribution in [1.82, 2.24) is 5.32 Å². The van der Waals surface area contributed by atoms with E-state index in [1.54, 1.807) is 0 Å². The molecule has 0 radical (unpaired) electrons. The average Bonchev–Trinajstić information content (AvgIpc) is 2.56. The lowest BCUT2D eigenvalue weighted by Crippen LogP contribution is -2.22. The molecule has 2 rings (SSSR count). The van der Waals surface area contributed by atoms with Crippen LogP contribution in [-0.2, 0) is 0 Å². The monoisotopic (exact) mass is 307 g/mol. The third-order valence-electron chi connectivity index (χ3n) is 3.13. The van der Waals surface area contributed by atoms with Crippen molar-refractivity contribution in [2.24, 2.45) is 0 Å². The number of terminal acetylenes is 1. The molecule has 1 atom stereocenters. The summed E-state index contributed by atoms with van der Waals surface area (Å²) in [6, 6.07) is 6.65. The number of ether oxygens (including phenoxy) is 1. The first-order valence-electron chi connectivity index (χ1n) is 6.40. The molecule has 0 bridgehead atoms. The summed E-state index contributed by atoms with van der Waals surface area (Å²) in [5.41, 5.74) is 1.26. The van der Waals surface area contributed by atoms with E-state index >= 15 is 0 Å². The predicted octanol–water partition coefficient (Wildman–Crippen LogP) is 3.67. The lowest BCUT2D eigenvalue weighted by Gasteiger charge is -2.18. The Morgan fingerprint density at radius 1 is 1.50 bits per heavy atom. The molecule has 0 aliphatic carbocycles. The number of unbranched alkanes of at least 4 members (excludes halogenated alkanes) is 1. The number of fused-ring (bicyclic) bond motifs is 1. The fourth-order valence-electron chi connectivity index (χ4n) is 2.22. The van der Waals surface area contributed by atoms with E-state index in [1.165, 1.54) is 5.56 Å². The first kappa shape index (κ1) is 13.5. The first-order chi connectivity index (χ1) is 8.81. The van der Waals surface area contributed by atoms with Crippen LogP contribution < -0.4 is 10.1 Å². The van der Waals surface area contributed by atoms with Gasteiger partial charge in [-0.2, -0.15) is 0 Å². The Labute approximate surface area is 117 Å².